The summed E-state index contributed by atoms with van der Waals surface area (Å²) in [4.78, 5) is 59.4. The van der Waals surface area contributed by atoms with Crippen LogP contribution in [-0.2, 0) is 32.2 Å². The van der Waals surface area contributed by atoms with E-state index in [1.807, 2.05) is 60.7 Å². The number of methoxy groups -OCH3 is 2. The highest BCUT2D eigenvalue weighted by Gasteiger charge is 2.40. The average Bonchev–Trinajstić information content (AvgIpc) is 3.96. The van der Waals surface area contributed by atoms with Gasteiger partial charge in [0.1, 0.15) is 35.6 Å². The first-order valence-electron chi connectivity index (χ1n) is 20.1. The van der Waals surface area contributed by atoms with Crippen molar-refractivity contribution in [2.45, 2.75) is 98.2 Å². The number of likely N-dealkylation sites (tertiary alicyclic amines) is 1. The molecular formula is C44H55N7O7. The number of alkyl carbamates (subject to hydrolysis) is 1. The Bertz CT molecular complexity index is 2330. The summed E-state index contributed by atoms with van der Waals surface area (Å²) in [6.07, 6.45) is 2.28. The fourth-order valence-corrected chi connectivity index (χ4v) is 8.00. The SMILES string of the molecule is CC[C@H](C)N(Cc1nc2c(ccc3cc4c(cc32)OCc2cc(-c3cnc([C@@H]5C[C@H](COC)CN5C(=O)OC(C)(C)C)[nH]3)ccc2-4)[nH]1)C(=O)[C@@H](NC(=O)OC)C(C)C. The first-order valence-corrected chi connectivity index (χ1v) is 20.1. The molecule has 1 saturated heterocycles. The standard InChI is InChI=1S/C44H55N7O7/c1-10-25(4)50(41(52)38(24(2)3)49-42(53)56-9)21-37-46-33-14-12-27-17-32-30-13-11-28(16-29(30)23-57-36(32)18-31(27)39(33)48-37)34-19-45-40(47-34)35-15-26(22-55-8)20-51(35)43(54)58-44(5,6)7/h11-14,16-19,24-26,35,38H,10,15,20-23H2,1-9H3,(H,45,47)(H,46,48)(H,49,53)/t25-,26-,35-,38-/m0/s1. The molecule has 3 aromatic carbocycles. The fourth-order valence-electron chi connectivity index (χ4n) is 8.00. The van der Waals surface area contributed by atoms with Gasteiger partial charge in [0, 0.05) is 36.6 Å². The second-order valence-electron chi connectivity index (χ2n) is 16.8. The minimum absolute atomic E-state index is 0.0925. The lowest BCUT2D eigenvalue weighted by atomic mass is 9.92. The number of amides is 3. The summed E-state index contributed by atoms with van der Waals surface area (Å²) in [5.74, 6) is 1.98. The minimum Gasteiger partial charge on any atom is -0.488 e. The number of aromatic nitrogens is 4. The summed E-state index contributed by atoms with van der Waals surface area (Å²) >= 11 is 0. The third-order valence-corrected chi connectivity index (χ3v) is 11.2. The summed E-state index contributed by atoms with van der Waals surface area (Å²) < 4.78 is 22.4. The highest BCUT2D eigenvalue weighted by Crippen LogP contribution is 2.43. The van der Waals surface area contributed by atoms with Gasteiger partial charge in [-0.2, -0.15) is 0 Å². The molecule has 308 valence electrons. The largest absolute Gasteiger partial charge is 0.488 e. The molecule has 0 aliphatic carbocycles. The van der Waals surface area contributed by atoms with Gasteiger partial charge in [-0.25, -0.2) is 19.6 Å². The molecule has 58 heavy (non-hydrogen) atoms. The average molecular weight is 794 g/mol. The predicted molar refractivity (Wildman–Crippen MR) is 221 cm³/mol. The van der Waals surface area contributed by atoms with E-state index in [2.05, 4.69) is 51.7 Å². The van der Waals surface area contributed by atoms with E-state index in [1.54, 1.807) is 16.9 Å². The zero-order valence-electron chi connectivity index (χ0n) is 34.9. The van der Waals surface area contributed by atoms with Crippen molar-refractivity contribution >= 4 is 39.9 Å². The summed E-state index contributed by atoms with van der Waals surface area (Å²) in [5, 5.41) is 4.67. The number of ether oxygens (including phenoxy) is 4. The molecule has 7 rings (SSSR count). The molecule has 3 N–H and O–H groups in total. The van der Waals surface area contributed by atoms with Crippen LogP contribution in [0.5, 0.6) is 5.75 Å². The van der Waals surface area contributed by atoms with Crippen LogP contribution in [0.2, 0.25) is 0 Å². The number of hydrogen-bond donors (Lipinski definition) is 3. The van der Waals surface area contributed by atoms with E-state index < -0.39 is 17.7 Å². The number of benzene rings is 3. The highest BCUT2D eigenvalue weighted by molar-refractivity contribution is 6.07. The van der Waals surface area contributed by atoms with Crippen molar-refractivity contribution in [1.82, 2.24) is 35.1 Å². The molecule has 4 heterocycles. The molecule has 14 heteroatoms. The molecule has 1 fully saturated rings. The van der Waals surface area contributed by atoms with Crippen molar-refractivity contribution in [2.24, 2.45) is 11.8 Å². The number of aromatic amines is 2. The van der Waals surface area contributed by atoms with Crippen molar-refractivity contribution < 1.29 is 33.3 Å². The van der Waals surface area contributed by atoms with E-state index in [0.29, 0.717) is 31.4 Å². The van der Waals surface area contributed by atoms with E-state index in [1.165, 1.54) is 7.11 Å². The van der Waals surface area contributed by atoms with E-state index in [0.717, 1.165) is 68.3 Å². The Hall–Kier alpha value is -5.63. The van der Waals surface area contributed by atoms with Gasteiger partial charge in [0.15, 0.2) is 0 Å². The molecular weight excluding hydrogens is 739 g/mol. The molecule has 0 radical (unpaired) electrons. The summed E-state index contributed by atoms with van der Waals surface area (Å²) in [6.45, 7) is 15.2. The van der Waals surface area contributed by atoms with Gasteiger partial charge in [-0.1, -0.05) is 39.0 Å². The van der Waals surface area contributed by atoms with Crippen LogP contribution in [0.1, 0.15) is 84.6 Å². The van der Waals surface area contributed by atoms with Gasteiger partial charge in [-0.3, -0.25) is 9.69 Å². The normalized spacial score (nSPS) is 17.4. The van der Waals surface area contributed by atoms with Crippen LogP contribution in [0.4, 0.5) is 9.59 Å². The number of carbonyl (C=O) groups is 3. The van der Waals surface area contributed by atoms with Gasteiger partial charge in [0.05, 0.1) is 49.2 Å². The smallest absolute Gasteiger partial charge is 0.410 e. The van der Waals surface area contributed by atoms with E-state index in [9.17, 15) is 14.4 Å². The van der Waals surface area contributed by atoms with E-state index >= 15 is 0 Å². The summed E-state index contributed by atoms with van der Waals surface area (Å²) in [7, 11) is 2.97. The second-order valence-corrected chi connectivity index (χ2v) is 16.8. The van der Waals surface area contributed by atoms with Crippen molar-refractivity contribution in [1.29, 1.82) is 0 Å². The molecule has 14 nitrogen and oxygen atoms in total. The van der Waals surface area contributed by atoms with Crippen LogP contribution >= 0.6 is 0 Å². The Morgan fingerprint density at radius 3 is 2.55 bits per heavy atom. The topological polar surface area (TPSA) is 164 Å². The lowest BCUT2D eigenvalue weighted by Gasteiger charge is -2.33. The Morgan fingerprint density at radius 1 is 1.05 bits per heavy atom. The van der Waals surface area contributed by atoms with Crippen LogP contribution in [0, 0.1) is 11.8 Å². The van der Waals surface area contributed by atoms with Gasteiger partial charge < -0.3 is 39.1 Å². The summed E-state index contributed by atoms with van der Waals surface area (Å²) in [6, 6.07) is 13.5. The molecule has 0 bridgehead atoms. The first-order chi connectivity index (χ1) is 27.7. The van der Waals surface area contributed by atoms with Crippen LogP contribution in [0.15, 0.2) is 48.7 Å². The van der Waals surface area contributed by atoms with E-state index in [-0.39, 0.29) is 42.5 Å². The molecule has 2 aromatic heterocycles. The zero-order chi connectivity index (χ0) is 41.5. The molecule has 0 unspecified atom stereocenters. The van der Waals surface area contributed by atoms with E-state index in [4.69, 9.17) is 28.9 Å². The van der Waals surface area contributed by atoms with Gasteiger partial charge >= 0.3 is 12.2 Å². The number of carbonyl (C=O) groups excluding carboxylic acids is 3. The Morgan fingerprint density at radius 2 is 1.84 bits per heavy atom. The molecule has 3 amide bonds. The Labute approximate surface area is 339 Å². The molecule has 4 atom stereocenters. The van der Waals surface area contributed by atoms with Gasteiger partial charge in [0.2, 0.25) is 5.91 Å². The quantitative estimate of drug-likeness (QED) is 0.120. The lowest BCUT2D eigenvalue weighted by molar-refractivity contribution is -0.137. The van der Waals surface area contributed by atoms with Crippen molar-refractivity contribution in [2.75, 3.05) is 27.4 Å². The second kappa shape index (κ2) is 16.3. The maximum atomic E-state index is 13.9. The van der Waals surface area contributed by atoms with Crippen molar-refractivity contribution in [3.05, 3.63) is 65.9 Å². The van der Waals surface area contributed by atoms with Crippen LogP contribution in [-0.4, -0.2) is 92.9 Å². The van der Waals surface area contributed by atoms with Crippen LogP contribution < -0.4 is 10.1 Å². The molecule has 2 aliphatic rings. The third kappa shape index (κ3) is 8.20. The van der Waals surface area contributed by atoms with Gasteiger partial charge in [-0.15, -0.1) is 0 Å². The van der Waals surface area contributed by atoms with Gasteiger partial charge in [0.25, 0.3) is 0 Å². The number of imidazole rings is 2. The van der Waals surface area contributed by atoms with Crippen molar-refractivity contribution in [3.8, 4) is 28.1 Å². The molecule has 0 saturated carbocycles. The maximum Gasteiger partial charge on any atom is 0.410 e. The van der Waals surface area contributed by atoms with Crippen LogP contribution in [0.3, 0.4) is 0 Å². The first kappa shape index (κ1) is 40.6. The Balaban J connectivity index is 1.14. The molecule has 0 spiro atoms. The number of fused-ring (bicyclic) bond motifs is 6. The molecule has 5 aromatic rings. The lowest BCUT2D eigenvalue weighted by Crippen LogP contribution is -2.53. The number of rotatable bonds is 11. The zero-order valence-corrected chi connectivity index (χ0v) is 34.9. The summed E-state index contributed by atoms with van der Waals surface area (Å²) in [5.41, 5.74) is 6.00. The van der Waals surface area contributed by atoms with Crippen molar-refractivity contribution in [3.63, 3.8) is 0 Å². The monoisotopic (exact) mass is 793 g/mol. The number of nitrogens with zero attached hydrogens (tertiary/aromatic N) is 4. The van der Waals surface area contributed by atoms with Gasteiger partial charge in [-0.05, 0) is 92.8 Å². The number of H-pyrrole nitrogens is 2. The highest BCUT2D eigenvalue weighted by atomic mass is 16.6. The predicted octanol–water partition coefficient (Wildman–Crippen LogP) is 8.12. The molecule has 2 aliphatic heterocycles. The maximum absolute atomic E-state index is 13.9. The fraction of sp³-hybridized carbons (Fsp3) is 0.477. The van der Waals surface area contributed by atoms with Crippen LogP contribution in [0.25, 0.3) is 44.2 Å². The third-order valence-electron chi connectivity index (χ3n) is 11.2. The number of nitrogens with one attached hydrogen (secondary N) is 3. The minimum atomic E-state index is -0.741. The Kier molecular flexibility index (Phi) is 11.4. The number of hydrogen-bond acceptors (Lipinski definition) is 9.